The molecule has 4 atom stereocenters. The van der Waals surface area contributed by atoms with Crippen molar-refractivity contribution in [1.29, 1.82) is 0 Å². The lowest BCUT2D eigenvalue weighted by Crippen LogP contribution is -2.57. The number of carbonyl (C=O) groups is 2. The molecule has 0 saturated carbocycles. The average molecular weight is 535 g/mol. The number of aliphatic hydroxyl groups is 2. The van der Waals surface area contributed by atoms with Crippen molar-refractivity contribution in [2.45, 2.75) is 37.1 Å². The highest BCUT2D eigenvalue weighted by atomic mass is 32.1. The molecular weight excluding hydrogens is 506 g/mol. The number of aliphatic hydroxyl groups excluding tert-OH is 2. The number of anilines is 1. The van der Waals surface area contributed by atoms with Gasteiger partial charge in [-0.2, -0.15) is 0 Å². The number of amides is 2. The molecule has 0 fully saturated rings. The summed E-state index contributed by atoms with van der Waals surface area (Å²) in [5.74, 6) is -2.87. The Labute approximate surface area is 216 Å². The molecule has 3 aromatic rings. The van der Waals surface area contributed by atoms with E-state index in [0.29, 0.717) is 11.6 Å². The van der Waals surface area contributed by atoms with Gasteiger partial charge in [-0.05, 0) is 42.7 Å². The number of ether oxygens (including phenoxy) is 1. The number of nitrogens with zero attached hydrogens (tertiary/aromatic N) is 1. The Kier molecular flexibility index (Phi) is 10.0. The van der Waals surface area contributed by atoms with Crippen molar-refractivity contribution >= 4 is 28.3 Å². The van der Waals surface area contributed by atoms with Gasteiger partial charge in [0.05, 0.1) is 12.1 Å². The van der Waals surface area contributed by atoms with Crippen LogP contribution in [0.5, 0.6) is 0 Å². The van der Waals surface area contributed by atoms with E-state index in [1.165, 1.54) is 12.5 Å². The van der Waals surface area contributed by atoms with E-state index in [1.807, 2.05) is 0 Å². The summed E-state index contributed by atoms with van der Waals surface area (Å²) in [6.07, 6.45) is -3.36. The molecule has 0 saturated heterocycles. The maximum absolute atomic E-state index is 13.8. The lowest BCUT2D eigenvalue weighted by Gasteiger charge is -2.33. The first-order valence-electron chi connectivity index (χ1n) is 11.4. The largest absolute Gasteiger partial charge is 0.388 e. The third-order valence-electron chi connectivity index (χ3n) is 5.61. The third kappa shape index (κ3) is 8.02. The van der Waals surface area contributed by atoms with Crippen LogP contribution in [0.4, 0.5) is 13.9 Å². The Hall–Kier alpha value is -3.45. The number of benzene rings is 2. The molecule has 0 aliphatic heterocycles. The number of hydrogen-bond acceptors (Lipinski definition) is 8. The van der Waals surface area contributed by atoms with E-state index in [2.05, 4.69) is 15.6 Å². The third-order valence-corrected chi connectivity index (χ3v) is 6.28. The maximum Gasteiger partial charge on any atom is 0.271 e. The summed E-state index contributed by atoms with van der Waals surface area (Å²) in [5.41, 5.74) is 6.05. The quantitative estimate of drug-likeness (QED) is 0.239. The highest BCUT2D eigenvalue weighted by molar-refractivity contribution is 7.13. The first kappa shape index (κ1) is 28.1. The number of thiazole rings is 1. The molecule has 2 aromatic carbocycles. The lowest BCUT2D eigenvalue weighted by atomic mass is 9.92. The Balaban J connectivity index is 1.85. The van der Waals surface area contributed by atoms with Crippen LogP contribution in [0.2, 0.25) is 0 Å². The Morgan fingerprint density at radius 1 is 1.03 bits per heavy atom. The van der Waals surface area contributed by atoms with Gasteiger partial charge in [-0.3, -0.25) is 9.59 Å². The number of nitrogens with two attached hydrogens (primary N) is 1. The monoisotopic (exact) mass is 534 g/mol. The van der Waals surface area contributed by atoms with Crippen molar-refractivity contribution in [3.63, 3.8) is 0 Å². The molecule has 6 N–H and O–H groups in total. The first-order chi connectivity index (χ1) is 17.7. The minimum atomic E-state index is -1.66. The number of halogens is 2. The van der Waals surface area contributed by atoms with Gasteiger partial charge in [0.15, 0.2) is 5.13 Å². The summed E-state index contributed by atoms with van der Waals surface area (Å²) in [6, 6.07) is 8.89. The fraction of sp³-hybridized carbons (Fsp3) is 0.320. The molecule has 12 heteroatoms. The minimum absolute atomic E-state index is 0.0204. The van der Waals surface area contributed by atoms with Crippen molar-refractivity contribution in [3.05, 3.63) is 82.4 Å². The molecule has 0 unspecified atom stereocenters. The molecule has 0 radical (unpaired) electrons. The topological polar surface area (TPSA) is 147 Å². The van der Waals surface area contributed by atoms with E-state index in [9.17, 15) is 28.6 Å². The van der Waals surface area contributed by atoms with Gasteiger partial charge in [-0.1, -0.05) is 18.2 Å². The number of hydrogen-bond donors (Lipinski definition) is 5. The molecular formula is C25H28F2N4O5S. The van der Waals surface area contributed by atoms with Crippen molar-refractivity contribution < 1.29 is 33.3 Å². The number of methoxy groups -OCH3 is 1. The van der Waals surface area contributed by atoms with Crippen LogP contribution >= 0.6 is 11.3 Å². The number of aromatic nitrogens is 1. The van der Waals surface area contributed by atoms with Gasteiger partial charge >= 0.3 is 0 Å². The SMILES string of the molecule is COCC[C@@H](NC(=O)c1ccccc1)[C@@H](O)[C@H](O)[C@H](Cc1cc(F)cc(F)c1)NC(=O)c1csc(N)n1. The zero-order valence-corrected chi connectivity index (χ0v) is 20.8. The zero-order chi connectivity index (χ0) is 26.9. The summed E-state index contributed by atoms with van der Waals surface area (Å²) >= 11 is 1.03. The van der Waals surface area contributed by atoms with Gasteiger partial charge in [0.2, 0.25) is 0 Å². The normalized spacial score (nSPS) is 14.4. The van der Waals surface area contributed by atoms with Crippen molar-refractivity contribution in [3.8, 4) is 0 Å². The Bertz CT molecular complexity index is 1180. The summed E-state index contributed by atoms with van der Waals surface area (Å²) in [6.45, 7) is 0.147. The van der Waals surface area contributed by atoms with Gasteiger partial charge in [0.25, 0.3) is 11.8 Å². The van der Waals surface area contributed by atoms with Crippen LogP contribution in [0.15, 0.2) is 53.9 Å². The van der Waals surface area contributed by atoms with E-state index >= 15 is 0 Å². The minimum Gasteiger partial charge on any atom is -0.388 e. The standard InChI is InChI=1S/C25H28F2N4O5S/c1-36-8-7-18(29-23(34)15-5-3-2-4-6-15)21(32)22(33)19(11-14-9-16(26)12-17(27)10-14)30-24(35)20-13-37-25(28)31-20/h2-6,9-10,12-13,18-19,21-22,32-33H,7-8,11H2,1H3,(H2,28,31)(H,29,34)(H,30,35)/t18-,19+,21-,22-/m1/s1. The van der Waals surface area contributed by atoms with Gasteiger partial charge in [0, 0.05) is 30.7 Å². The number of nitrogen functional groups attached to an aromatic ring is 1. The van der Waals surface area contributed by atoms with E-state index in [-0.39, 0.29) is 35.8 Å². The molecule has 0 aliphatic rings. The predicted molar refractivity (Wildman–Crippen MR) is 134 cm³/mol. The molecule has 9 nitrogen and oxygen atoms in total. The summed E-state index contributed by atoms with van der Waals surface area (Å²) in [4.78, 5) is 29.4. The van der Waals surface area contributed by atoms with E-state index in [4.69, 9.17) is 10.5 Å². The average Bonchev–Trinajstić information content (AvgIpc) is 3.31. The second-order valence-electron chi connectivity index (χ2n) is 8.34. The molecule has 0 bridgehead atoms. The molecule has 0 aliphatic carbocycles. The zero-order valence-electron chi connectivity index (χ0n) is 19.9. The molecule has 0 spiro atoms. The van der Waals surface area contributed by atoms with Crippen molar-refractivity contribution in [2.24, 2.45) is 0 Å². The second kappa shape index (κ2) is 13.2. The van der Waals surface area contributed by atoms with Crippen LogP contribution in [0.25, 0.3) is 0 Å². The smallest absolute Gasteiger partial charge is 0.271 e. The fourth-order valence-corrected chi connectivity index (χ4v) is 4.31. The van der Waals surface area contributed by atoms with Crippen molar-refractivity contribution in [1.82, 2.24) is 15.6 Å². The van der Waals surface area contributed by atoms with E-state index in [1.54, 1.807) is 30.3 Å². The van der Waals surface area contributed by atoms with Crippen LogP contribution in [0, 0.1) is 11.6 Å². The lowest BCUT2D eigenvalue weighted by molar-refractivity contribution is -0.0269. The highest BCUT2D eigenvalue weighted by Gasteiger charge is 2.35. The van der Waals surface area contributed by atoms with Crippen LogP contribution in [0.3, 0.4) is 0 Å². The second-order valence-corrected chi connectivity index (χ2v) is 9.23. The number of nitrogens with one attached hydrogen (secondary N) is 2. The predicted octanol–water partition coefficient (Wildman–Crippen LogP) is 1.90. The summed E-state index contributed by atoms with van der Waals surface area (Å²) in [5, 5.41) is 29.0. The molecule has 198 valence electrons. The molecule has 2 amide bonds. The van der Waals surface area contributed by atoms with Gasteiger partial charge in [0.1, 0.15) is 29.5 Å². The van der Waals surface area contributed by atoms with Crippen LogP contribution in [0.1, 0.15) is 32.8 Å². The summed E-state index contributed by atoms with van der Waals surface area (Å²) < 4.78 is 32.7. The highest BCUT2D eigenvalue weighted by Crippen LogP contribution is 2.18. The molecule has 1 heterocycles. The number of carbonyl (C=O) groups excluding carboxylic acids is 2. The Morgan fingerprint density at radius 3 is 2.24 bits per heavy atom. The van der Waals surface area contributed by atoms with Crippen LogP contribution in [-0.4, -0.2) is 65.0 Å². The molecule has 37 heavy (non-hydrogen) atoms. The number of rotatable bonds is 12. The van der Waals surface area contributed by atoms with Gasteiger partial charge < -0.3 is 31.3 Å². The van der Waals surface area contributed by atoms with E-state index < -0.39 is 47.7 Å². The van der Waals surface area contributed by atoms with Gasteiger partial charge in [-0.25, -0.2) is 13.8 Å². The van der Waals surface area contributed by atoms with Crippen LogP contribution in [-0.2, 0) is 11.2 Å². The maximum atomic E-state index is 13.8. The van der Waals surface area contributed by atoms with Crippen molar-refractivity contribution in [2.75, 3.05) is 19.5 Å². The summed E-state index contributed by atoms with van der Waals surface area (Å²) in [7, 11) is 1.44. The van der Waals surface area contributed by atoms with E-state index in [0.717, 1.165) is 23.5 Å². The molecule has 3 rings (SSSR count). The van der Waals surface area contributed by atoms with Gasteiger partial charge in [-0.15, -0.1) is 11.3 Å². The Morgan fingerprint density at radius 2 is 1.65 bits per heavy atom. The fourth-order valence-electron chi connectivity index (χ4n) is 3.76. The first-order valence-corrected chi connectivity index (χ1v) is 12.2. The molecule has 1 aromatic heterocycles. The van der Waals surface area contributed by atoms with Crippen LogP contribution < -0.4 is 16.4 Å².